The van der Waals surface area contributed by atoms with E-state index in [-0.39, 0.29) is 18.1 Å². The van der Waals surface area contributed by atoms with Crippen LogP contribution in [0.25, 0.3) is 0 Å². The Balaban J connectivity index is 2.11. The third-order valence-electron chi connectivity index (χ3n) is 2.62. The van der Waals surface area contributed by atoms with E-state index in [0.717, 1.165) is 6.54 Å². The molecule has 7 nitrogen and oxygen atoms in total. The highest BCUT2D eigenvalue weighted by Gasteiger charge is 2.22. The predicted octanol–water partition coefficient (Wildman–Crippen LogP) is -1.40. The molecule has 7 heteroatoms. The first-order valence-electron chi connectivity index (χ1n) is 5.21. The van der Waals surface area contributed by atoms with Gasteiger partial charge in [-0.3, -0.25) is 4.57 Å². The smallest absolute Gasteiger partial charge is 0.352 e. The monoisotopic (exact) mass is 225 g/mol. The summed E-state index contributed by atoms with van der Waals surface area (Å²) in [6.45, 7) is 3.95. The van der Waals surface area contributed by atoms with Crippen molar-refractivity contribution in [3.05, 3.63) is 16.8 Å². The standard InChI is InChI=1S/C9H15N5O2/c1-6-7(16-3-2-11-6)4-14-5-12-8(10)13-9(14)15/h5-7,11H,2-4H2,1H3,(H2,10,13,15). The minimum Gasteiger partial charge on any atom is -0.373 e. The maximum Gasteiger partial charge on any atom is 0.352 e. The molecule has 1 fully saturated rings. The molecule has 0 amide bonds. The van der Waals surface area contributed by atoms with Gasteiger partial charge in [0.25, 0.3) is 0 Å². The fourth-order valence-electron chi connectivity index (χ4n) is 1.67. The van der Waals surface area contributed by atoms with Crippen molar-refractivity contribution in [2.75, 3.05) is 18.9 Å². The van der Waals surface area contributed by atoms with Gasteiger partial charge in [-0.1, -0.05) is 0 Å². The molecule has 1 aromatic heterocycles. The third-order valence-corrected chi connectivity index (χ3v) is 2.62. The number of nitrogens with two attached hydrogens (primary N) is 1. The number of nitrogens with zero attached hydrogens (tertiary/aromatic N) is 3. The highest BCUT2D eigenvalue weighted by molar-refractivity contribution is 5.09. The van der Waals surface area contributed by atoms with Crippen LogP contribution in [0.5, 0.6) is 0 Å². The van der Waals surface area contributed by atoms with Crippen LogP contribution in [0.2, 0.25) is 0 Å². The lowest BCUT2D eigenvalue weighted by Gasteiger charge is -2.30. The Labute approximate surface area is 92.6 Å². The summed E-state index contributed by atoms with van der Waals surface area (Å²) in [5.41, 5.74) is 4.91. The summed E-state index contributed by atoms with van der Waals surface area (Å²) in [4.78, 5) is 18.8. The molecule has 2 atom stereocenters. The maximum absolute atomic E-state index is 11.5. The largest absolute Gasteiger partial charge is 0.373 e. The summed E-state index contributed by atoms with van der Waals surface area (Å²) in [6.07, 6.45) is 1.36. The summed E-state index contributed by atoms with van der Waals surface area (Å²) in [5.74, 6) is -0.00279. The second kappa shape index (κ2) is 4.58. The van der Waals surface area contributed by atoms with Gasteiger partial charge in [0.15, 0.2) is 0 Å². The number of ether oxygens (including phenoxy) is 1. The van der Waals surface area contributed by atoms with Crippen LogP contribution in [0.1, 0.15) is 6.92 Å². The van der Waals surface area contributed by atoms with E-state index < -0.39 is 5.69 Å². The number of aromatic nitrogens is 3. The third kappa shape index (κ3) is 2.37. The number of rotatable bonds is 2. The zero-order chi connectivity index (χ0) is 11.5. The Kier molecular flexibility index (Phi) is 3.16. The minimum absolute atomic E-state index is 0.00279. The maximum atomic E-state index is 11.5. The average Bonchev–Trinajstić information content (AvgIpc) is 2.25. The van der Waals surface area contributed by atoms with Crippen LogP contribution in [0.4, 0.5) is 5.95 Å². The zero-order valence-corrected chi connectivity index (χ0v) is 9.09. The Morgan fingerprint density at radius 1 is 1.75 bits per heavy atom. The summed E-state index contributed by atoms with van der Waals surface area (Å²) in [5, 5.41) is 3.28. The van der Waals surface area contributed by atoms with E-state index in [1.165, 1.54) is 10.9 Å². The second-order valence-electron chi connectivity index (χ2n) is 3.80. The van der Waals surface area contributed by atoms with Gasteiger partial charge in [0.1, 0.15) is 6.33 Å². The molecular weight excluding hydrogens is 210 g/mol. The van der Waals surface area contributed by atoms with Gasteiger partial charge in [-0.05, 0) is 6.92 Å². The lowest BCUT2D eigenvalue weighted by molar-refractivity contribution is -0.00945. The number of anilines is 1. The molecule has 1 aromatic rings. The van der Waals surface area contributed by atoms with Gasteiger partial charge in [0.05, 0.1) is 19.3 Å². The minimum atomic E-state index is -0.395. The Bertz CT molecular complexity index is 419. The normalized spacial score (nSPS) is 25.6. The van der Waals surface area contributed by atoms with Crippen LogP contribution in [0, 0.1) is 0 Å². The van der Waals surface area contributed by atoms with Gasteiger partial charge >= 0.3 is 5.69 Å². The SMILES string of the molecule is CC1NCCOC1Cn1cnc(N)nc1=O. The van der Waals surface area contributed by atoms with E-state index in [1.807, 2.05) is 6.92 Å². The molecule has 0 bridgehead atoms. The average molecular weight is 225 g/mol. The Morgan fingerprint density at radius 3 is 3.25 bits per heavy atom. The molecular formula is C9H15N5O2. The fourth-order valence-corrected chi connectivity index (χ4v) is 1.67. The lowest BCUT2D eigenvalue weighted by atomic mass is 10.1. The predicted molar refractivity (Wildman–Crippen MR) is 57.9 cm³/mol. The number of nitrogens with one attached hydrogen (secondary N) is 1. The molecule has 0 radical (unpaired) electrons. The highest BCUT2D eigenvalue weighted by atomic mass is 16.5. The molecule has 2 rings (SSSR count). The van der Waals surface area contributed by atoms with Crippen molar-refractivity contribution in [3.63, 3.8) is 0 Å². The summed E-state index contributed by atoms with van der Waals surface area (Å²) >= 11 is 0. The van der Waals surface area contributed by atoms with Crippen molar-refractivity contribution in [1.82, 2.24) is 19.9 Å². The first-order valence-corrected chi connectivity index (χ1v) is 5.21. The first-order chi connectivity index (χ1) is 7.66. The zero-order valence-electron chi connectivity index (χ0n) is 9.09. The van der Waals surface area contributed by atoms with E-state index in [9.17, 15) is 4.79 Å². The molecule has 1 aliphatic rings. The van der Waals surface area contributed by atoms with Crippen molar-refractivity contribution in [3.8, 4) is 0 Å². The fraction of sp³-hybridized carbons (Fsp3) is 0.667. The van der Waals surface area contributed by atoms with E-state index in [4.69, 9.17) is 10.5 Å². The summed E-state index contributed by atoms with van der Waals surface area (Å²) in [7, 11) is 0. The quantitative estimate of drug-likeness (QED) is 0.642. The van der Waals surface area contributed by atoms with Crippen molar-refractivity contribution in [1.29, 1.82) is 0 Å². The van der Waals surface area contributed by atoms with E-state index in [1.54, 1.807) is 0 Å². The molecule has 1 saturated heterocycles. The molecule has 0 aliphatic carbocycles. The van der Waals surface area contributed by atoms with Crippen molar-refractivity contribution < 1.29 is 4.74 Å². The number of hydrogen-bond donors (Lipinski definition) is 2. The molecule has 0 aromatic carbocycles. The van der Waals surface area contributed by atoms with Crippen LogP contribution in [0.15, 0.2) is 11.1 Å². The van der Waals surface area contributed by atoms with Crippen LogP contribution in [0.3, 0.4) is 0 Å². The van der Waals surface area contributed by atoms with Gasteiger partial charge in [-0.2, -0.15) is 4.98 Å². The number of morpholine rings is 1. The summed E-state index contributed by atoms with van der Waals surface area (Å²) in [6, 6.07) is 0.207. The highest BCUT2D eigenvalue weighted by Crippen LogP contribution is 2.05. The van der Waals surface area contributed by atoms with Crippen molar-refractivity contribution >= 4 is 5.95 Å². The molecule has 3 N–H and O–H groups in total. The molecule has 0 saturated carbocycles. The topological polar surface area (TPSA) is 95.1 Å². The van der Waals surface area contributed by atoms with Gasteiger partial charge in [-0.15, -0.1) is 0 Å². The van der Waals surface area contributed by atoms with Crippen molar-refractivity contribution in [2.45, 2.75) is 25.6 Å². The van der Waals surface area contributed by atoms with Gasteiger partial charge < -0.3 is 15.8 Å². The van der Waals surface area contributed by atoms with Crippen LogP contribution in [-0.2, 0) is 11.3 Å². The van der Waals surface area contributed by atoms with Crippen molar-refractivity contribution in [2.24, 2.45) is 0 Å². The second-order valence-corrected chi connectivity index (χ2v) is 3.80. The lowest BCUT2D eigenvalue weighted by Crippen LogP contribution is -2.49. The number of hydrogen-bond acceptors (Lipinski definition) is 6. The Hall–Kier alpha value is -1.47. The van der Waals surface area contributed by atoms with Gasteiger partial charge in [0, 0.05) is 12.6 Å². The van der Waals surface area contributed by atoms with E-state index in [2.05, 4.69) is 15.3 Å². The van der Waals surface area contributed by atoms with Crippen LogP contribution < -0.4 is 16.7 Å². The summed E-state index contributed by atoms with van der Waals surface area (Å²) < 4.78 is 6.98. The van der Waals surface area contributed by atoms with Gasteiger partial charge in [0.2, 0.25) is 5.95 Å². The molecule has 1 aliphatic heterocycles. The first kappa shape index (κ1) is 11.0. The van der Waals surface area contributed by atoms with Crippen LogP contribution >= 0.6 is 0 Å². The number of nitrogen functional groups attached to an aromatic ring is 1. The Morgan fingerprint density at radius 2 is 2.56 bits per heavy atom. The molecule has 0 spiro atoms. The van der Waals surface area contributed by atoms with E-state index >= 15 is 0 Å². The molecule has 2 heterocycles. The van der Waals surface area contributed by atoms with Gasteiger partial charge in [-0.25, -0.2) is 9.78 Å². The molecule has 88 valence electrons. The molecule has 16 heavy (non-hydrogen) atoms. The van der Waals surface area contributed by atoms with E-state index in [0.29, 0.717) is 13.2 Å². The van der Waals surface area contributed by atoms with Crippen LogP contribution in [-0.4, -0.2) is 39.8 Å². The molecule has 2 unspecified atom stereocenters.